The zero-order valence-corrected chi connectivity index (χ0v) is 10.5. The minimum Gasteiger partial charge on any atom is -0.321 e. The van der Waals surface area contributed by atoms with Gasteiger partial charge < -0.3 is 9.88 Å². The average molecular weight is 269 g/mol. The van der Waals surface area contributed by atoms with Gasteiger partial charge in [-0.05, 0) is 6.42 Å². The molecule has 0 unspecified atom stereocenters. The van der Waals surface area contributed by atoms with Crippen LogP contribution in [0.25, 0.3) is 0 Å². The number of aromatic nitrogens is 2. The van der Waals surface area contributed by atoms with Crippen molar-refractivity contribution >= 4 is 11.6 Å². The summed E-state index contributed by atoms with van der Waals surface area (Å²) in [5.74, 6) is -2.59. The highest BCUT2D eigenvalue weighted by Gasteiger charge is 2.13. The highest BCUT2D eigenvalue weighted by molar-refractivity contribution is 5.55. The Labute approximate surface area is 109 Å². The molecule has 3 nitrogen and oxygen atoms in total. The van der Waals surface area contributed by atoms with Gasteiger partial charge in [0.05, 0.1) is 0 Å². The van der Waals surface area contributed by atoms with Crippen LogP contribution in [0.4, 0.5) is 24.8 Å². The number of benzene rings is 1. The first-order chi connectivity index (χ1) is 9.11. The van der Waals surface area contributed by atoms with Crippen molar-refractivity contribution in [1.29, 1.82) is 0 Å². The number of imidazole rings is 1. The van der Waals surface area contributed by atoms with Crippen molar-refractivity contribution in [3.63, 3.8) is 0 Å². The van der Waals surface area contributed by atoms with Crippen LogP contribution in [0.1, 0.15) is 19.8 Å². The molecule has 0 aliphatic heterocycles. The molecule has 1 N–H and O–H groups in total. The van der Waals surface area contributed by atoms with Gasteiger partial charge in [-0.15, -0.1) is 0 Å². The van der Waals surface area contributed by atoms with E-state index in [0.717, 1.165) is 12.8 Å². The number of halogens is 3. The average Bonchev–Trinajstić information content (AvgIpc) is 2.78. The molecule has 0 atom stereocenters. The van der Waals surface area contributed by atoms with Crippen LogP contribution in [0.15, 0.2) is 24.5 Å². The van der Waals surface area contributed by atoms with E-state index in [4.69, 9.17) is 0 Å². The molecule has 19 heavy (non-hydrogen) atoms. The maximum absolute atomic E-state index is 13.5. The molecule has 0 saturated heterocycles. The Bertz CT molecular complexity index is 543. The molecule has 0 spiro atoms. The summed E-state index contributed by atoms with van der Waals surface area (Å²) in [6, 6.07) is 1.26. The van der Waals surface area contributed by atoms with Gasteiger partial charge in [-0.25, -0.2) is 18.2 Å². The molecule has 0 aliphatic carbocycles. The van der Waals surface area contributed by atoms with Crippen molar-refractivity contribution < 1.29 is 13.2 Å². The van der Waals surface area contributed by atoms with Crippen molar-refractivity contribution in [2.24, 2.45) is 0 Å². The molecule has 0 amide bonds. The Kier molecular flexibility index (Phi) is 4.09. The van der Waals surface area contributed by atoms with Crippen molar-refractivity contribution in [1.82, 2.24) is 9.55 Å². The van der Waals surface area contributed by atoms with Crippen LogP contribution >= 0.6 is 0 Å². The molecular formula is C13H14F3N3. The third-order valence-electron chi connectivity index (χ3n) is 2.71. The number of anilines is 2. The Hall–Kier alpha value is -1.98. The quantitative estimate of drug-likeness (QED) is 0.893. The maximum atomic E-state index is 13.5. The summed E-state index contributed by atoms with van der Waals surface area (Å²) in [4.78, 5) is 3.99. The number of unbranched alkanes of at least 4 members (excludes halogenated alkanes) is 1. The normalized spacial score (nSPS) is 10.7. The first-order valence-electron chi connectivity index (χ1n) is 6.04. The lowest BCUT2D eigenvalue weighted by atomic mass is 10.3. The first kappa shape index (κ1) is 13.5. The molecule has 2 rings (SSSR count). The molecule has 102 valence electrons. The van der Waals surface area contributed by atoms with Crippen LogP contribution < -0.4 is 5.32 Å². The van der Waals surface area contributed by atoms with E-state index in [0.29, 0.717) is 24.6 Å². The summed E-state index contributed by atoms with van der Waals surface area (Å²) < 4.78 is 41.6. The highest BCUT2D eigenvalue weighted by atomic mass is 19.1. The second-order valence-electron chi connectivity index (χ2n) is 4.17. The summed E-state index contributed by atoms with van der Waals surface area (Å²) in [6.45, 7) is 2.74. The van der Waals surface area contributed by atoms with E-state index in [-0.39, 0.29) is 0 Å². The van der Waals surface area contributed by atoms with Crippen LogP contribution in [-0.2, 0) is 6.54 Å². The molecule has 0 aliphatic rings. The number of aryl methyl sites for hydroxylation is 1. The number of nitrogens with zero attached hydrogens (tertiary/aromatic N) is 2. The largest absolute Gasteiger partial charge is 0.321 e. The third kappa shape index (κ3) is 3.07. The molecule has 2 aromatic rings. The molecule has 0 radical (unpaired) electrons. The Balaban J connectivity index is 2.24. The summed E-state index contributed by atoms with van der Waals surface area (Å²) in [6.07, 6.45) is 5.19. The zero-order valence-electron chi connectivity index (χ0n) is 10.5. The van der Waals surface area contributed by atoms with Gasteiger partial charge in [-0.3, -0.25) is 0 Å². The van der Waals surface area contributed by atoms with E-state index >= 15 is 0 Å². The van der Waals surface area contributed by atoms with E-state index in [9.17, 15) is 13.2 Å². The Morgan fingerprint density at radius 1 is 1.21 bits per heavy atom. The van der Waals surface area contributed by atoms with Gasteiger partial charge in [-0.1, -0.05) is 13.3 Å². The van der Waals surface area contributed by atoms with Gasteiger partial charge in [0.25, 0.3) is 0 Å². The van der Waals surface area contributed by atoms with E-state index in [1.165, 1.54) is 6.20 Å². The fourth-order valence-corrected chi connectivity index (χ4v) is 1.72. The van der Waals surface area contributed by atoms with Gasteiger partial charge in [0.2, 0.25) is 5.95 Å². The minimum absolute atomic E-state index is 0.331. The second kappa shape index (κ2) is 5.77. The number of hydrogen-bond acceptors (Lipinski definition) is 2. The maximum Gasteiger partial charge on any atom is 0.207 e. The van der Waals surface area contributed by atoms with Crippen LogP contribution in [0.2, 0.25) is 0 Å². The van der Waals surface area contributed by atoms with Crippen molar-refractivity contribution in [2.45, 2.75) is 26.3 Å². The molecule has 0 saturated carbocycles. The Morgan fingerprint density at radius 2 is 1.89 bits per heavy atom. The third-order valence-corrected chi connectivity index (χ3v) is 2.71. The van der Waals surface area contributed by atoms with Crippen molar-refractivity contribution in [2.75, 3.05) is 5.32 Å². The number of nitrogens with one attached hydrogen (secondary N) is 1. The summed E-state index contributed by atoms with van der Waals surface area (Å²) >= 11 is 0. The molecule has 1 aromatic carbocycles. The van der Waals surface area contributed by atoms with E-state index < -0.39 is 23.1 Å². The lowest BCUT2D eigenvalue weighted by molar-refractivity contribution is 0.548. The second-order valence-corrected chi connectivity index (χ2v) is 4.17. The Morgan fingerprint density at radius 3 is 2.53 bits per heavy atom. The van der Waals surface area contributed by atoms with Gasteiger partial charge in [0, 0.05) is 31.1 Å². The molecular weight excluding hydrogens is 255 g/mol. The van der Waals surface area contributed by atoms with Gasteiger partial charge in [0.15, 0.2) is 11.6 Å². The topological polar surface area (TPSA) is 29.9 Å². The highest BCUT2D eigenvalue weighted by Crippen LogP contribution is 2.23. The van der Waals surface area contributed by atoms with Crippen LogP contribution in [0, 0.1) is 17.5 Å². The minimum atomic E-state index is -0.984. The van der Waals surface area contributed by atoms with Gasteiger partial charge in [0.1, 0.15) is 11.5 Å². The summed E-state index contributed by atoms with van der Waals surface area (Å²) in [7, 11) is 0. The summed E-state index contributed by atoms with van der Waals surface area (Å²) in [5.41, 5.74) is -0.398. The predicted molar refractivity (Wildman–Crippen MR) is 66.7 cm³/mol. The van der Waals surface area contributed by atoms with Gasteiger partial charge in [-0.2, -0.15) is 0 Å². The van der Waals surface area contributed by atoms with E-state index in [1.807, 2.05) is 6.92 Å². The lowest BCUT2D eigenvalue weighted by Crippen LogP contribution is -2.06. The standard InChI is InChI=1S/C13H14F3N3/c1-2-3-5-19-6-4-17-13(19)18-12-10(15)7-9(14)8-11(12)16/h4,6-8H,2-3,5H2,1H3,(H,17,18). The van der Waals surface area contributed by atoms with Gasteiger partial charge >= 0.3 is 0 Å². The van der Waals surface area contributed by atoms with E-state index in [2.05, 4.69) is 10.3 Å². The van der Waals surface area contributed by atoms with Crippen molar-refractivity contribution in [3.05, 3.63) is 42.0 Å². The zero-order chi connectivity index (χ0) is 13.8. The molecule has 0 fully saturated rings. The number of rotatable bonds is 5. The molecule has 6 heteroatoms. The van der Waals surface area contributed by atoms with Crippen LogP contribution in [-0.4, -0.2) is 9.55 Å². The van der Waals surface area contributed by atoms with Crippen LogP contribution in [0.3, 0.4) is 0 Å². The molecule has 0 bridgehead atoms. The fourth-order valence-electron chi connectivity index (χ4n) is 1.72. The first-order valence-corrected chi connectivity index (χ1v) is 6.04. The lowest BCUT2D eigenvalue weighted by Gasteiger charge is -2.10. The molecule has 1 heterocycles. The van der Waals surface area contributed by atoms with E-state index in [1.54, 1.807) is 10.8 Å². The molecule has 1 aromatic heterocycles. The van der Waals surface area contributed by atoms with Crippen LogP contribution in [0.5, 0.6) is 0 Å². The van der Waals surface area contributed by atoms with Crippen molar-refractivity contribution in [3.8, 4) is 0 Å². The monoisotopic (exact) mass is 269 g/mol. The number of hydrogen-bond donors (Lipinski definition) is 1. The summed E-state index contributed by atoms with van der Waals surface area (Å²) in [5, 5.41) is 2.56. The smallest absolute Gasteiger partial charge is 0.207 e. The predicted octanol–water partition coefficient (Wildman–Crippen LogP) is 3.84. The fraction of sp³-hybridized carbons (Fsp3) is 0.308. The SMILES string of the molecule is CCCCn1ccnc1Nc1c(F)cc(F)cc1F.